The van der Waals surface area contributed by atoms with Crippen molar-refractivity contribution in [3.63, 3.8) is 0 Å². The van der Waals surface area contributed by atoms with Crippen molar-refractivity contribution in [3.05, 3.63) is 12.4 Å². The van der Waals surface area contributed by atoms with E-state index in [9.17, 15) is 0 Å². The summed E-state index contributed by atoms with van der Waals surface area (Å²) in [6, 6.07) is 0.233. The molecule has 0 radical (unpaired) electrons. The number of ether oxygens (including phenoxy) is 1. The van der Waals surface area contributed by atoms with Gasteiger partial charge in [0.15, 0.2) is 5.16 Å². The summed E-state index contributed by atoms with van der Waals surface area (Å²) >= 11 is 1.30. The van der Waals surface area contributed by atoms with Crippen LogP contribution in [-0.4, -0.2) is 31.1 Å². The van der Waals surface area contributed by atoms with Crippen molar-refractivity contribution in [1.82, 2.24) is 24.5 Å². The number of hydrogen-bond donors (Lipinski definition) is 1. The van der Waals surface area contributed by atoms with E-state index >= 15 is 0 Å². The highest BCUT2D eigenvalue weighted by Gasteiger charge is 2.09. The fourth-order valence-corrected chi connectivity index (χ4v) is 1.87. The van der Waals surface area contributed by atoms with E-state index in [0.717, 1.165) is 5.16 Å². The number of nitrogen functional groups attached to an aromatic ring is 1. The molecule has 2 N–H and O–H groups in total. The molecule has 17 heavy (non-hydrogen) atoms. The Labute approximate surface area is 102 Å². The van der Waals surface area contributed by atoms with Crippen molar-refractivity contribution in [2.24, 2.45) is 7.05 Å². The van der Waals surface area contributed by atoms with Gasteiger partial charge in [-0.2, -0.15) is 15.0 Å². The highest BCUT2D eigenvalue weighted by molar-refractivity contribution is 7.99. The summed E-state index contributed by atoms with van der Waals surface area (Å²) in [6.07, 6.45) is 3.55. The Hall–Kier alpha value is -1.83. The number of rotatable bonds is 4. The maximum absolute atomic E-state index is 5.57. The van der Waals surface area contributed by atoms with Crippen LogP contribution in [-0.2, 0) is 7.05 Å². The van der Waals surface area contributed by atoms with E-state index in [1.807, 2.05) is 24.7 Å². The zero-order valence-electron chi connectivity index (χ0n) is 9.49. The van der Waals surface area contributed by atoms with E-state index in [0.29, 0.717) is 11.8 Å². The highest BCUT2D eigenvalue weighted by atomic mass is 32.2. The first-order valence-corrected chi connectivity index (χ1v) is 5.80. The molecule has 0 saturated carbocycles. The molecular formula is C9H12N6OS. The van der Waals surface area contributed by atoms with Gasteiger partial charge in [0.05, 0.1) is 6.61 Å². The lowest BCUT2D eigenvalue weighted by Crippen LogP contribution is -2.04. The monoisotopic (exact) mass is 252 g/mol. The second kappa shape index (κ2) is 5.00. The Bertz CT molecular complexity index is 514. The maximum Gasteiger partial charge on any atom is 0.322 e. The number of imidazole rings is 1. The third-order valence-corrected chi connectivity index (χ3v) is 2.79. The molecular weight excluding hydrogens is 240 g/mol. The van der Waals surface area contributed by atoms with Gasteiger partial charge in [-0.1, -0.05) is 0 Å². The Balaban J connectivity index is 2.23. The van der Waals surface area contributed by atoms with Crippen LogP contribution in [0.2, 0.25) is 0 Å². The van der Waals surface area contributed by atoms with E-state index in [2.05, 4.69) is 19.9 Å². The summed E-state index contributed by atoms with van der Waals surface area (Å²) < 4.78 is 7.06. The molecule has 2 aromatic rings. The molecule has 90 valence electrons. The predicted octanol–water partition coefficient (Wildman–Crippen LogP) is 0.737. The van der Waals surface area contributed by atoms with Crippen LogP contribution in [0.15, 0.2) is 22.7 Å². The summed E-state index contributed by atoms with van der Waals surface area (Å²) in [6.45, 7) is 2.33. The van der Waals surface area contributed by atoms with Crippen LogP contribution >= 0.6 is 11.8 Å². The van der Waals surface area contributed by atoms with Crippen LogP contribution in [0.5, 0.6) is 6.01 Å². The van der Waals surface area contributed by atoms with Crippen molar-refractivity contribution in [1.29, 1.82) is 0 Å². The average molecular weight is 252 g/mol. The van der Waals surface area contributed by atoms with Gasteiger partial charge in [0.2, 0.25) is 11.1 Å². The zero-order valence-corrected chi connectivity index (χ0v) is 10.3. The number of hydrogen-bond acceptors (Lipinski definition) is 7. The Kier molecular flexibility index (Phi) is 3.43. The molecule has 0 atom stereocenters. The smallest absolute Gasteiger partial charge is 0.322 e. The molecule has 2 rings (SSSR count). The minimum atomic E-state index is 0.139. The van der Waals surface area contributed by atoms with Crippen LogP contribution in [0.25, 0.3) is 0 Å². The van der Waals surface area contributed by atoms with Crippen molar-refractivity contribution in [3.8, 4) is 6.01 Å². The van der Waals surface area contributed by atoms with Gasteiger partial charge < -0.3 is 15.0 Å². The van der Waals surface area contributed by atoms with Crippen LogP contribution < -0.4 is 10.5 Å². The fraction of sp³-hybridized carbons (Fsp3) is 0.333. The van der Waals surface area contributed by atoms with Crippen molar-refractivity contribution >= 4 is 17.7 Å². The molecule has 0 unspecified atom stereocenters. The number of aromatic nitrogens is 5. The van der Waals surface area contributed by atoms with Crippen LogP contribution in [0.4, 0.5) is 5.95 Å². The molecule has 0 saturated heterocycles. The molecule has 0 fully saturated rings. The number of aryl methyl sites for hydroxylation is 1. The van der Waals surface area contributed by atoms with Gasteiger partial charge in [-0.15, -0.1) is 0 Å². The Morgan fingerprint density at radius 1 is 1.41 bits per heavy atom. The largest absolute Gasteiger partial charge is 0.464 e. The Morgan fingerprint density at radius 2 is 2.24 bits per heavy atom. The maximum atomic E-state index is 5.57. The van der Waals surface area contributed by atoms with Crippen LogP contribution in [0.3, 0.4) is 0 Å². The zero-order chi connectivity index (χ0) is 12.3. The molecule has 0 aliphatic rings. The molecule has 0 bridgehead atoms. The van der Waals surface area contributed by atoms with Gasteiger partial charge in [-0.3, -0.25) is 0 Å². The SMILES string of the molecule is CCOc1nc(N)nc(Sc2nccn2C)n1. The predicted molar refractivity (Wildman–Crippen MR) is 62.7 cm³/mol. The Morgan fingerprint density at radius 3 is 2.88 bits per heavy atom. The molecule has 2 heterocycles. The lowest BCUT2D eigenvalue weighted by molar-refractivity contribution is 0.308. The first kappa shape index (κ1) is 11.6. The van der Waals surface area contributed by atoms with E-state index < -0.39 is 0 Å². The lowest BCUT2D eigenvalue weighted by atomic mass is 10.8. The van der Waals surface area contributed by atoms with Gasteiger partial charge >= 0.3 is 6.01 Å². The molecule has 0 aromatic carbocycles. The quantitative estimate of drug-likeness (QED) is 0.857. The van der Waals surface area contributed by atoms with Crippen molar-refractivity contribution in [2.45, 2.75) is 17.2 Å². The van der Waals surface area contributed by atoms with Crippen LogP contribution in [0.1, 0.15) is 6.92 Å². The summed E-state index contributed by atoms with van der Waals surface area (Å²) in [7, 11) is 1.89. The molecule has 7 nitrogen and oxygen atoms in total. The van der Waals surface area contributed by atoms with Gasteiger partial charge in [0, 0.05) is 19.4 Å². The molecule has 0 aliphatic carbocycles. The minimum Gasteiger partial charge on any atom is -0.464 e. The van der Waals surface area contributed by atoms with E-state index in [1.54, 1.807) is 6.20 Å². The van der Waals surface area contributed by atoms with Crippen molar-refractivity contribution in [2.75, 3.05) is 12.3 Å². The van der Waals surface area contributed by atoms with E-state index in [1.165, 1.54) is 11.8 Å². The second-order valence-corrected chi connectivity index (χ2v) is 4.05. The van der Waals surface area contributed by atoms with Crippen LogP contribution in [0, 0.1) is 0 Å². The third kappa shape index (κ3) is 2.84. The van der Waals surface area contributed by atoms with Gasteiger partial charge in [-0.05, 0) is 18.7 Å². The number of nitrogens with zero attached hydrogens (tertiary/aromatic N) is 5. The molecule has 8 heteroatoms. The fourth-order valence-electron chi connectivity index (χ4n) is 1.12. The summed E-state index contributed by atoms with van der Waals surface area (Å²) in [4.78, 5) is 16.2. The van der Waals surface area contributed by atoms with Gasteiger partial charge in [0.25, 0.3) is 0 Å². The first-order valence-electron chi connectivity index (χ1n) is 4.98. The number of nitrogens with two attached hydrogens (primary N) is 1. The summed E-state index contributed by atoms with van der Waals surface area (Å²) in [5.74, 6) is 0.139. The second-order valence-electron chi connectivity index (χ2n) is 3.11. The molecule has 0 aliphatic heterocycles. The molecule has 2 aromatic heterocycles. The minimum absolute atomic E-state index is 0.139. The van der Waals surface area contributed by atoms with Gasteiger partial charge in [0.1, 0.15) is 0 Å². The van der Waals surface area contributed by atoms with E-state index in [-0.39, 0.29) is 12.0 Å². The molecule has 0 spiro atoms. The highest BCUT2D eigenvalue weighted by Crippen LogP contribution is 2.23. The van der Waals surface area contributed by atoms with Crippen molar-refractivity contribution < 1.29 is 4.74 Å². The summed E-state index contributed by atoms with van der Waals surface area (Å²) in [5, 5.41) is 1.24. The molecule has 0 amide bonds. The summed E-state index contributed by atoms with van der Waals surface area (Å²) in [5.41, 5.74) is 5.57. The van der Waals surface area contributed by atoms with Gasteiger partial charge in [-0.25, -0.2) is 4.98 Å². The number of anilines is 1. The average Bonchev–Trinajstić information content (AvgIpc) is 2.64. The first-order chi connectivity index (χ1) is 8.19. The normalized spacial score (nSPS) is 10.5. The van der Waals surface area contributed by atoms with E-state index in [4.69, 9.17) is 10.5 Å². The topological polar surface area (TPSA) is 91.7 Å². The standard InChI is InChI=1S/C9H12N6OS/c1-3-16-7-12-6(10)13-8(14-7)17-9-11-4-5-15(9)2/h4-5H,3H2,1-2H3,(H2,10,12,13,14). The third-order valence-electron chi connectivity index (χ3n) is 1.84. The lowest BCUT2D eigenvalue weighted by Gasteiger charge is -2.04.